The maximum atomic E-state index is 14.3. The lowest BCUT2D eigenvalue weighted by atomic mass is 10.0. The molecule has 2 heteroatoms. The summed E-state index contributed by atoms with van der Waals surface area (Å²) in [6, 6.07) is 18.0. The summed E-state index contributed by atoms with van der Waals surface area (Å²) in [5, 5.41) is 0. The molecule has 0 saturated heterocycles. The summed E-state index contributed by atoms with van der Waals surface area (Å²) in [7, 11) is 0. The Labute approximate surface area is 197 Å². The lowest BCUT2D eigenvalue weighted by molar-refractivity contribution is 0.598. The number of aryl methyl sites for hydroxylation is 2. The SMILES string of the molecule is CCCCCc1ccc(C#Cc2ccc(C#Cc3ccc(CCCC)cc3F)cc2)cc1F. The molecule has 3 aromatic rings. The molecule has 0 N–H and O–H groups in total. The van der Waals surface area contributed by atoms with Crippen molar-refractivity contribution in [3.63, 3.8) is 0 Å². The van der Waals surface area contributed by atoms with E-state index in [1.165, 1.54) is 6.07 Å². The number of halogens is 2. The van der Waals surface area contributed by atoms with E-state index in [9.17, 15) is 8.78 Å². The van der Waals surface area contributed by atoms with Gasteiger partial charge >= 0.3 is 0 Å². The lowest BCUT2D eigenvalue weighted by Crippen LogP contribution is -1.92. The highest BCUT2D eigenvalue weighted by molar-refractivity contribution is 5.48. The van der Waals surface area contributed by atoms with Crippen LogP contribution in [0.3, 0.4) is 0 Å². The molecule has 0 aliphatic rings. The summed E-state index contributed by atoms with van der Waals surface area (Å²) in [4.78, 5) is 0. The van der Waals surface area contributed by atoms with Crippen molar-refractivity contribution in [2.45, 2.75) is 58.8 Å². The maximum absolute atomic E-state index is 14.3. The number of hydrogen-bond donors (Lipinski definition) is 0. The van der Waals surface area contributed by atoms with Crippen molar-refractivity contribution >= 4 is 0 Å². The first-order valence-corrected chi connectivity index (χ1v) is 11.8. The third-order valence-electron chi connectivity index (χ3n) is 5.53. The van der Waals surface area contributed by atoms with Gasteiger partial charge in [-0.25, -0.2) is 8.78 Å². The van der Waals surface area contributed by atoms with Gasteiger partial charge in [0.1, 0.15) is 11.6 Å². The molecule has 0 nitrogen and oxygen atoms in total. The standard InChI is InChI=1S/C31H30F2/c1-3-5-7-9-28-20-18-27(23-30(28)32)15-14-24-10-12-25(13-11-24)16-19-29-21-17-26(8-6-4-2)22-31(29)33/h10-13,17-18,20-23H,3-9H2,1-2H3. The van der Waals surface area contributed by atoms with Crippen LogP contribution in [-0.4, -0.2) is 0 Å². The van der Waals surface area contributed by atoms with Crippen molar-refractivity contribution in [3.05, 3.63) is 106 Å². The smallest absolute Gasteiger partial charge is 0.139 e. The van der Waals surface area contributed by atoms with Gasteiger partial charge in [-0.2, -0.15) is 0 Å². The molecule has 0 heterocycles. The Morgan fingerprint density at radius 3 is 1.85 bits per heavy atom. The molecule has 0 saturated carbocycles. The Bertz CT molecular complexity index is 1180. The van der Waals surface area contributed by atoms with Crippen molar-refractivity contribution in [2.75, 3.05) is 0 Å². The van der Waals surface area contributed by atoms with E-state index >= 15 is 0 Å². The normalized spacial score (nSPS) is 10.2. The van der Waals surface area contributed by atoms with Crippen molar-refractivity contribution in [1.29, 1.82) is 0 Å². The number of unbranched alkanes of at least 4 members (excludes halogenated alkanes) is 3. The van der Waals surface area contributed by atoms with Crippen molar-refractivity contribution in [2.24, 2.45) is 0 Å². The highest BCUT2D eigenvalue weighted by Crippen LogP contribution is 2.14. The van der Waals surface area contributed by atoms with Gasteiger partial charge in [0.15, 0.2) is 0 Å². The van der Waals surface area contributed by atoms with Gasteiger partial charge in [0.25, 0.3) is 0 Å². The van der Waals surface area contributed by atoms with Gasteiger partial charge in [-0.05, 0) is 85.3 Å². The molecule has 0 amide bonds. The fourth-order valence-electron chi connectivity index (χ4n) is 3.51. The zero-order valence-corrected chi connectivity index (χ0v) is 19.5. The molecule has 0 aliphatic carbocycles. The molecule has 0 aromatic heterocycles. The summed E-state index contributed by atoms with van der Waals surface area (Å²) in [5.74, 6) is 11.6. The first-order valence-electron chi connectivity index (χ1n) is 11.8. The number of benzene rings is 3. The third kappa shape index (κ3) is 7.62. The highest BCUT2D eigenvalue weighted by atomic mass is 19.1. The molecule has 3 aromatic carbocycles. The van der Waals surface area contributed by atoms with Gasteiger partial charge < -0.3 is 0 Å². The predicted octanol–water partition coefficient (Wildman–Crippen LogP) is 7.84. The molecule has 0 spiro atoms. The molecule has 0 radical (unpaired) electrons. The van der Waals surface area contributed by atoms with Crippen LogP contribution in [0, 0.1) is 35.3 Å². The summed E-state index contributed by atoms with van der Waals surface area (Å²) in [6.45, 7) is 4.26. The summed E-state index contributed by atoms with van der Waals surface area (Å²) >= 11 is 0. The molecule has 0 unspecified atom stereocenters. The molecule has 0 atom stereocenters. The zero-order chi connectivity index (χ0) is 23.5. The van der Waals surface area contributed by atoms with Crippen LogP contribution in [-0.2, 0) is 12.8 Å². The Morgan fingerprint density at radius 2 is 1.21 bits per heavy atom. The topological polar surface area (TPSA) is 0 Å². The molecular formula is C31H30F2. The van der Waals surface area contributed by atoms with Crippen LogP contribution in [0.1, 0.15) is 79.3 Å². The van der Waals surface area contributed by atoms with Gasteiger partial charge in [-0.3, -0.25) is 0 Å². The van der Waals surface area contributed by atoms with Crippen LogP contribution in [0.15, 0.2) is 60.7 Å². The second-order valence-corrected chi connectivity index (χ2v) is 8.26. The number of hydrogen-bond acceptors (Lipinski definition) is 0. The maximum Gasteiger partial charge on any atom is 0.139 e. The Kier molecular flexibility index (Phi) is 9.29. The average molecular weight is 441 g/mol. The molecular weight excluding hydrogens is 410 g/mol. The van der Waals surface area contributed by atoms with Gasteiger partial charge in [0.05, 0.1) is 5.56 Å². The van der Waals surface area contributed by atoms with E-state index < -0.39 is 0 Å². The first kappa shape index (κ1) is 24.3. The van der Waals surface area contributed by atoms with Crippen molar-refractivity contribution < 1.29 is 8.78 Å². The van der Waals surface area contributed by atoms with E-state index in [2.05, 4.69) is 37.5 Å². The minimum Gasteiger partial charge on any atom is -0.207 e. The fraction of sp³-hybridized carbons (Fsp3) is 0.290. The Morgan fingerprint density at radius 1 is 0.576 bits per heavy atom. The minimum absolute atomic E-state index is 0.186. The van der Waals surface area contributed by atoms with E-state index in [0.717, 1.165) is 67.2 Å². The quantitative estimate of drug-likeness (QED) is 0.259. The van der Waals surface area contributed by atoms with Crippen LogP contribution >= 0.6 is 0 Å². The average Bonchev–Trinajstić information content (AvgIpc) is 2.83. The monoisotopic (exact) mass is 440 g/mol. The van der Waals surface area contributed by atoms with Crippen LogP contribution in [0.2, 0.25) is 0 Å². The predicted molar refractivity (Wildman–Crippen MR) is 133 cm³/mol. The van der Waals surface area contributed by atoms with Crippen molar-refractivity contribution in [3.8, 4) is 23.7 Å². The Balaban J connectivity index is 1.64. The van der Waals surface area contributed by atoms with Gasteiger partial charge in [0.2, 0.25) is 0 Å². The summed E-state index contributed by atoms with van der Waals surface area (Å²) in [5.41, 5.74) is 4.43. The fourth-order valence-corrected chi connectivity index (χ4v) is 3.51. The lowest BCUT2D eigenvalue weighted by Gasteiger charge is -2.03. The first-order chi connectivity index (χ1) is 16.1. The van der Waals surface area contributed by atoms with E-state index in [4.69, 9.17) is 0 Å². The van der Waals surface area contributed by atoms with Gasteiger partial charge in [-0.1, -0.05) is 68.9 Å². The molecule has 0 aliphatic heterocycles. The summed E-state index contributed by atoms with van der Waals surface area (Å²) in [6.07, 6.45) is 7.04. The molecule has 33 heavy (non-hydrogen) atoms. The van der Waals surface area contributed by atoms with Gasteiger partial charge in [0, 0.05) is 16.7 Å². The largest absolute Gasteiger partial charge is 0.207 e. The molecule has 3 rings (SSSR count). The van der Waals surface area contributed by atoms with Crippen LogP contribution in [0.4, 0.5) is 8.78 Å². The van der Waals surface area contributed by atoms with E-state index in [-0.39, 0.29) is 11.6 Å². The Hall–Kier alpha value is -3.36. The second kappa shape index (κ2) is 12.6. The van der Waals surface area contributed by atoms with E-state index in [0.29, 0.717) is 11.1 Å². The number of rotatable bonds is 7. The zero-order valence-electron chi connectivity index (χ0n) is 19.5. The molecule has 0 fully saturated rings. The highest BCUT2D eigenvalue weighted by Gasteiger charge is 2.03. The summed E-state index contributed by atoms with van der Waals surface area (Å²) < 4.78 is 28.6. The van der Waals surface area contributed by atoms with Crippen LogP contribution < -0.4 is 0 Å². The third-order valence-corrected chi connectivity index (χ3v) is 5.53. The van der Waals surface area contributed by atoms with Crippen molar-refractivity contribution in [1.82, 2.24) is 0 Å². The van der Waals surface area contributed by atoms with Crippen LogP contribution in [0.5, 0.6) is 0 Å². The molecule has 0 bridgehead atoms. The van der Waals surface area contributed by atoms with Gasteiger partial charge in [-0.15, -0.1) is 0 Å². The van der Waals surface area contributed by atoms with E-state index in [1.54, 1.807) is 12.1 Å². The second-order valence-electron chi connectivity index (χ2n) is 8.26. The van der Waals surface area contributed by atoms with Crippen LogP contribution in [0.25, 0.3) is 0 Å². The minimum atomic E-state index is -0.276. The van der Waals surface area contributed by atoms with E-state index in [1.807, 2.05) is 42.5 Å². The molecule has 168 valence electrons.